The number of benzene rings is 2. The van der Waals surface area contributed by atoms with Gasteiger partial charge in [0.15, 0.2) is 0 Å². The van der Waals surface area contributed by atoms with Crippen LogP contribution in [0.15, 0.2) is 48.5 Å². The maximum absolute atomic E-state index is 12.9. The van der Waals surface area contributed by atoms with Crippen LogP contribution < -0.4 is 16.0 Å². The molecule has 2 aromatic carbocycles. The number of rotatable bonds is 5. The van der Waals surface area contributed by atoms with Gasteiger partial charge >= 0.3 is 0 Å². The van der Waals surface area contributed by atoms with E-state index in [9.17, 15) is 14.9 Å². The van der Waals surface area contributed by atoms with Gasteiger partial charge in [0, 0.05) is 30.9 Å². The number of fused-ring (bicyclic) bond motifs is 1. The van der Waals surface area contributed by atoms with Gasteiger partial charge in [0.1, 0.15) is 6.04 Å². The Bertz CT molecular complexity index is 993. The summed E-state index contributed by atoms with van der Waals surface area (Å²) in [5, 5.41) is 12.3. The molecule has 0 unspecified atom stereocenters. The summed E-state index contributed by atoms with van der Waals surface area (Å²) in [6, 6.07) is 16.6. The highest BCUT2D eigenvalue weighted by molar-refractivity contribution is 6.10. The summed E-state index contributed by atoms with van der Waals surface area (Å²) in [7, 11) is 0. The van der Waals surface area contributed by atoms with E-state index >= 15 is 0 Å². The Morgan fingerprint density at radius 3 is 2.67 bits per heavy atom. The Balaban J connectivity index is 1.46. The van der Waals surface area contributed by atoms with Crippen LogP contribution in [-0.2, 0) is 22.5 Å². The fraction of sp³-hybridized carbons (Fsp3) is 0.348. The normalized spacial score (nSPS) is 18.4. The molecule has 0 saturated carbocycles. The number of nitriles is 1. The molecule has 7 heteroatoms. The van der Waals surface area contributed by atoms with Gasteiger partial charge in [-0.1, -0.05) is 30.3 Å². The van der Waals surface area contributed by atoms with Gasteiger partial charge < -0.3 is 20.7 Å². The Kier molecular flexibility index (Phi) is 5.53. The molecule has 2 aliphatic heterocycles. The molecule has 7 nitrogen and oxygen atoms in total. The quantitative estimate of drug-likeness (QED) is 0.791. The van der Waals surface area contributed by atoms with Crippen molar-refractivity contribution in [2.75, 3.05) is 18.1 Å². The first-order valence-electron chi connectivity index (χ1n) is 10.1. The van der Waals surface area contributed by atoms with Crippen molar-refractivity contribution in [3.8, 4) is 6.07 Å². The van der Waals surface area contributed by atoms with Gasteiger partial charge in [0.25, 0.3) is 5.91 Å². The molecule has 1 saturated heterocycles. The Morgan fingerprint density at radius 1 is 1.23 bits per heavy atom. The summed E-state index contributed by atoms with van der Waals surface area (Å²) in [5.41, 5.74) is 8.47. The average Bonchev–Trinajstić information content (AvgIpc) is 3.10. The zero-order valence-electron chi connectivity index (χ0n) is 16.6. The molecule has 0 aliphatic carbocycles. The molecule has 0 radical (unpaired) electrons. The fourth-order valence-corrected chi connectivity index (χ4v) is 3.92. The number of carbonyl (C=O) groups is 2. The lowest BCUT2D eigenvalue weighted by Gasteiger charge is -2.32. The number of nitrogens with zero attached hydrogens (tertiary/aromatic N) is 2. The second kappa shape index (κ2) is 8.27. The Morgan fingerprint density at radius 2 is 1.97 bits per heavy atom. The molecule has 2 aromatic rings. The summed E-state index contributed by atoms with van der Waals surface area (Å²) in [6.45, 7) is 1.40. The van der Waals surface area contributed by atoms with Crippen LogP contribution in [0.3, 0.4) is 0 Å². The van der Waals surface area contributed by atoms with Crippen LogP contribution in [0.4, 0.5) is 5.69 Å². The lowest BCUT2D eigenvalue weighted by molar-refractivity contribution is -0.130. The number of ether oxygens (including phenoxy) is 1. The second-order valence-electron chi connectivity index (χ2n) is 7.85. The van der Waals surface area contributed by atoms with E-state index in [0.29, 0.717) is 44.6 Å². The molecule has 0 bridgehead atoms. The van der Waals surface area contributed by atoms with Crippen LogP contribution in [0, 0.1) is 11.3 Å². The number of carbonyl (C=O) groups excluding carboxylic acids is 2. The number of para-hydroxylation sites is 1. The highest BCUT2D eigenvalue weighted by Crippen LogP contribution is 2.29. The number of hydrogen-bond acceptors (Lipinski definition) is 5. The molecule has 30 heavy (non-hydrogen) atoms. The van der Waals surface area contributed by atoms with E-state index in [1.54, 1.807) is 4.90 Å². The number of nitrogens with one attached hydrogen (secondary N) is 1. The van der Waals surface area contributed by atoms with Crippen LogP contribution >= 0.6 is 0 Å². The highest BCUT2D eigenvalue weighted by atomic mass is 16.5. The number of nitrogens with two attached hydrogens (primary N) is 1. The average molecular weight is 404 g/mol. The molecule has 3 N–H and O–H groups in total. The number of hydrogen-bond donors (Lipinski definition) is 2. The minimum Gasteiger partial charge on any atom is -0.381 e. The lowest BCUT2D eigenvalue weighted by Crippen LogP contribution is -2.58. The van der Waals surface area contributed by atoms with Gasteiger partial charge in [0.05, 0.1) is 18.2 Å². The third-order valence-electron chi connectivity index (χ3n) is 5.78. The summed E-state index contributed by atoms with van der Waals surface area (Å²) in [6.07, 6.45) is 1.17. The molecule has 0 aromatic heterocycles. The SMILES string of the molecule is N#C[C@@H](Cc1ccc2c(c1)C(=O)N(c1ccccc1)C2)NC(=O)C1(N)CCOCC1. The van der Waals surface area contributed by atoms with E-state index in [2.05, 4.69) is 11.4 Å². The second-order valence-corrected chi connectivity index (χ2v) is 7.85. The van der Waals surface area contributed by atoms with Crippen molar-refractivity contribution in [2.45, 2.75) is 37.4 Å². The van der Waals surface area contributed by atoms with Crippen molar-refractivity contribution in [3.63, 3.8) is 0 Å². The van der Waals surface area contributed by atoms with E-state index < -0.39 is 11.6 Å². The van der Waals surface area contributed by atoms with Crippen LogP contribution in [0.2, 0.25) is 0 Å². The number of anilines is 1. The first-order valence-corrected chi connectivity index (χ1v) is 10.1. The molecular weight excluding hydrogens is 380 g/mol. The van der Waals surface area contributed by atoms with Gasteiger partial charge in [-0.15, -0.1) is 0 Å². The molecular formula is C23H24N4O3. The molecule has 2 amide bonds. The van der Waals surface area contributed by atoms with Crippen molar-refractivity contribution in [2.24, 2.45) is 5.73 Å². The molecule has 2 heterocycles. The molecule has 0 spiro atoms. The van der Waals surface area contributed by atoms with Crippen molar-refractivity contribution in [1.82, 2.24) is 5.32 Å². The van der Waals surface area contributed by atoms with Crippen molar-refractivity contribution >= 4 is 17.5 Å². The largest absolute Gasteiger partial charge is 0.381 e. The van der Waals surface area contributed by atoms with E-state index in [4.69, 9.17) is 10.5 Å². The van der Waals surface area contributed by atoms with Gasteiger partial charge in [-0.05, 0) is 42.2 Å². The summed E-state index contributed by atoms with van der Waals surface area (Å²) >= 11 is 0. The smallest absolute Gasteiger partial charge is 0.258 e. The maximum atomic E-state index is 12.9. The topological polar surface area (TPSA) is 108 Å². The maximum Gasteiger partial charge on any atom is 0.258 e. The summed E-state index contributed by atoms with van der Waals surface area (Å²) < 4.78 is 5.27. The van der Waals surface area contributed by atoms with Gasteiger partial charge in [-0.2, -0.15) is 5.26 Å². The molecule has 4 rings (SSSR count). The van der Waals surface area contributed by atoms with E-state index in [1.807, 2.05) is 48.5 Å². The minimum absolute atomic E-state index is 0.0568. The van der Waals surface area contributed by atoms with Crippen molar-refractivity contribution in [1.29, 1.82) is 5.26 Å². The predicted octanol–water partition coefficient (Wildman–Crippen LogP) is 1.91. The Labute approximate surface area is 175 Å². The summed E-state index contributed by atoms with van der Waals surface area (Å²) in [4.78, 5) is 27.2. The molecule has 1 fully saturated rings. The molecule has 1 atom stereocenters. The first-order chi connectivity index (χ1) is 14.5. The standard InChI is InChI=1S/C23H24N4O3/c24-14-18(26-22(29)23(25)8-10-30-11-9-23)12-16-6-7-17-15-27(21(28)20(17)13-16)19-4-2-1-3-5-19/h1-7,13,18H,8-12,15,25H2,(H,26,29)/t18-/m1/s1. The van der Waals surface area contributed by atoms with E-state index in [0.717, 1.165) is 16.8 Å². The number of amides is 2. The fourth-order valence-electron chi connectivity index (χ4n) is 3.92. The van der Waals surface area contributed by atoms with Crippen LogP contribution in [-0.4, -0.2) is 36.6 Å². The lowest BCUT2D eigenvalue weighted by atomic mass is 9.90. The van der Waals surface area contributed by atoms with Crippen LogP contribution in [0.5, 0.6) is 0 Å². The van der Waals surface area contributed by atoms with Gasteiger partial charge in [-0.25, -0.2) is 0 Å². The van der Waals surface area contributed by atoms with E-state index in [1.165, 1.54) is 0 Å². The molecule has 2 aliphatic rings. The van der Waals surface area contributed by atoms with Gasteiger partial charge in [-0.3, -0.25) is 9.59 Å². The predicted molar refractivity (Wildman–Crippen MR) is 112 cm³/mol. The monoisotopic (exact) mass is 404 g/mol. The molecule has 154 valence electrons. The zero-order valence-corrected chi connectivity index (χ0v) is 16.6. The van der Waals surface area contributed by atoms with Crippen molar-refractivity contribution in [3.05, 3.63) is 65.2 Å². The highest BCUT2D eigenvalue weighted by Gasteiger charge is 2.37. The third-order valence-corrected chi connectivity index (χ3v) is 5.78. The van der Waals surface area contributed by atoms with Crippen LogP contribution in [0.1, 0.15) is 34.3 Å². The van der Waals surface area contributed by atoms with Crippen molar-refractivity contribution < 1.29 is 14.3 Å². The zero-order chi connectivity index (χ0) is 21.1. The first kappa shape index (κ1) is 20.1. The van der Waals surface area contributed by atoms with Gasteiger partial charge in [0.2, 0.25) is 5.91 Å². The third kappa shape index (κ3) is 3.92. The summed E-state index contributed by atoms with van der Waals surface area (Å²) in [5.74, 6) is -0.386. The minimum atomic E-state index is -1.00. The Hall–Kier alpha value is -3.21. The van der Waals surface area contributed by atoms with E-state index in [-0.39, 0.29) is 11.8 Å². The van der Waals surface area contributed by atoms with Crippen LogP contribution in [0.25, 0.3) is 0 Å².